The maximum atomic E-state index is 6.20. The fourth-order valence-electron chi connectivity index (χ4n) is 5.11. The molecule has 0 spiro atoms. The van der Waals surface area contributed by atoms with Gasteiger partial charge in [-0.2, -0.15) is 4.98 Å². The smallest absolute Gasteiger partial charge is 0.258 e. The zero-order valence-corrected chi connectivity index (χ0v) is 21.8. The summed E-state index contributed by atoms with van der Waals surface area (Å²) in [7, 11) is 1.63. The van der Waals surface area contributed by atoms with Crippen LogP contribution in [-0.4, -0.2) is 47.3 Å². The molecule has 0 radical (unpaired) electrons. The molecule has 192 valence electrons. The lowest BCUT2D eigenvalue weighted by Crippen LogP contribution is -2.25. The van der Waals surface area contributed by atoms with E-state index in [0.29, 0.717) is 36.7 Å². The predicted molar refractivity (Wildman–Crippen MR) is 135 cm³/mol. The maximum Gasteiger partial charge on any atom is 0.258 e. The van der Waals surface area contributed by atoms with Crippen LogP contribution in [0, 0.1) is 6.92 Å². The summed E-state index contributed by atoms with van der Waals surface area (Å²) < 4.78 is 28.9. The van der Waals surface area contributed by atoms with E-state index < -0.39 is 5.79 Å². The Morgan fingerprint density at radius 1 is 1.06 bits per heavy atom. The zero-order valence-electron chi connectivity index (χ0n) is 21.8. The Balaban J connectivity index is 1.38. The summed E-state index contributed by atoms with van der Waals surface area (Å²) in [5.74, 6) is 2.34. The lowest BCUT2D eigenvalue weighted by atomic mass is 10.0. The van der Waals surface area contributed by atoms with Gasteiger partial charge in [0.2, 0.25) is 11.7 Å². The van der Waals surface area contributed by atoms with Gasteiger partial charge in [-0.05, 0) is 69.4 Å². The standard InChI is InChI=1S/C28H35N3O5/c1-6-18-12-20(11-17(2)25(18)33-15-22-16-34-28(3,4)35-22)26-30-27(36-31-26)21-13-23(19-9-7-8-10-19)29-24(14-21)32-5/h11-14,19,22H,6-10,15-16H2,1-5H3/t22-/m1/s1. The van der Waals surface area contributed by atoms with Crippen molar-refractivity contribution in [1.82, 2.24) is 15.1 Å². The molecule has 1 saturated carbocycles. The average Bonchev–Trinajstić information content (AvgIpc) is 3.64. The summed E-state index contributed by atoms with van der Waals surface area (Å²) in [4.78, 5) is 9.41. The maximum absolute atomic E-state index is 6.20. The number of aromatic nitrogens is 3. The SMILES string of the molecule is CCc1cc(-c2noc(-c3cc(OC)nc(C4CCCC4)c3)n2)cc(C)c1OC[C@@H]1COC(C)(C)O1. The van der Waals surface area contributed by atoms with Crippen molar-refractivity contribution in [3.8, 4) is 34.5 Å². The highest BCUT2D eigenvalue weighted by molar-refractivity contribution is 5.64. The van der Waals surface area contributed by atoms with E-state index in [9.17, 15) is 0 Å². The van der Waals surface area contributed by atoms with Crippen molar-refractivity contribution in [2.24, 2.45) is 0 Å². The molecule has 2 aromatic heterocycles. The van der Waals surface area contributed by atoms with Crippen molar-refractivity contribution >= 4 is 0 Å². The molecular formula is C28H35N3O5. The third-order valence-corrected chi connectivity index (χ3v) is 6.95. The zero-order chi connectivity index (χ0) is 25.3. The van der Waals surface area contributed by atoms with Crippen molar-refractivity contribution in [3.63, 3.8) is 0 Å². The van der Waals surface area contributed by atoms with E-state index >= 15 is 0 Å². The molecule has 36 heavy (non-hydrogen) atoms. The third kappa shape index (κ3) is 5.25. The summed E-state index contributed by atoms with van der Waals surface area (Å²) in [6, 6.07) is 8.03. The van der Waals surface area contributed by atoms with Gasteiger partial charge < -0.3 is 23.5 Å². The largest absolute Gasteiger partial charge is 0.490 e. The third-order valence-electron chi connectivity index (χ3n) is 6.95. The first kappa shape index (κ1) is 24.7. The van der Waals surface area contributed by atoms with Crippen molar-refractivity contribution < 1.29 is 23.5 Å². The van der Waals surface area contributed by atoms with Gasteiger partial charge in [0.05, 0.1) is 13.7 Å². The van der Waals surface area contributed by atoms with Crippen LogP contribution in [0.3, 0.4) is 0 Å². The number of hydrogen-bond acceptors (Lipinski definition) is 8. The van der Waals surface area contributed by atoms with Crippen molar-refractivity contribution in [2.75, 3.05) is 20.3 Å². The Morgan fingerprint density at radius 3 is 2.56 bits per heavy atom. The van der Waals surface area contributed by atoms with Crippen LogP contribution in [0.15, 0.2) is 28.8 Å². The van der Waals surface area contributed by atoms with Crippen LogP contribution in [0.25, 0.3) is 22.8 Å². The van der Waals surface area contributed by atoms with Gasteiger partial charge in [-0.25, -0.2) is 4.98 Å². The Hall–Kier alpha value is -2.97. The molecule has 0 unspecified atom stereocenters. The number of aryl methyl sites for hydroxylation is 2. The van der Waals surface area contributed by atoms with Gasteiger partial charge in [0.1, 0.15) is 18.5 Å². The minimum atomic E-state index is -0.562. The molecule has 8 heteroatoms. The molecule has 8 nitrogen and oxygen atoms in total. The van der Waals surface area contributed by atoms with E-state index in [1.807, 2.05) is 32.9 Å². The summed E-state index contributed by atoms with van der Waals surface area (Å²) in [6.07, 6.45) is 5.51. The van der Waals surface area contributed by atoms with E-state index in [-0.39, 0.29) is 6.10 Å². The average molecular weight is 494 g/mol. The molecule has 1 aromatic carbocycles. The molecule has 2 aliphatic rings. The van der Waals surface area contributed by atoms with E-state index in [0.717, 1.165) is 53.0 Å². The van der Waals surface area contributed by atoms with E-state index in [4.69, 9.17) is 28.5 Å². The van der Waals surface area contributed by atoms with Crippen molar-refractivity contribution in [3.05, 3.63) is 41.1 Å². The normalized spacial score (nSPS) is 19.6. The molecule has 1 saturated heterocycles. The lowest BCUT2D eigenvalue weighted by Gasteiger charge is -2.19. The van der Waals surface area contributed by atoms with Crippen molar-refractivity contribution in [1.29, 1.82) is 0 Å². The number of hydrogen-bond donors (Lipinski definition) is 0. The molecule has 3 heterocycles. The number of pyridine rings is 1. The molecule has 1 aliphatic carbocycles. The fourth-order valence-corrected chi connectivity index (χ4v) is 5.11. The first-order chi connectivity index (χ1) is 17.3. The van der Waals surface area contributed by atoms with Crippen LogP contribution in [0.1, 0.15) is 69.2 Å². The monoisotopic (exact) mass is 493 g/mol. The minimum absolute atomic E-state index is 0.0879. The molecule has 0 N–H and O–H groups in total. The van der Waals surface area contributed by atoms with Crippen LogP contribution < -0.4 is 9.47 Å². The first-order valence-electron chi connectivity index (χ1n) is 12.8. The van der Waals surface area contributed by atoms with Gasteiger partial charge in [0, 0.05) is 28.8 Å². The quantitative estimate of drug-likeness (QED) is 0.385. The molecule has 0 bridgehead atoms. The van der Waals surface area contributed by atoms with Crippen LogP contribution in [0.2, 0.25) is 0 Å². The second-order valence-corrected chi connectivity index (χ2v) is 10.1. The summed E-state index contributed by atoms with van der Waals surface area (Å²) in [5.41, 5.74) is 4.86. The summed E-state index contributed by atoms with van der Waals surface area (Å²) in [5, 5.41) is 4.29. The predicted octanol–water partition coefficient (Wildman–Crippen LogP) is 5.87. The molecule has 3 aromatic rings. The van der Waals surface area contributed by atoms with E-state index in [1.54, 1.807) is 7.11 Å². The van der Waals surface area contributed by atoms with Crippen LogP contribution in [0.4, 0.5) is 0 Å². The minimum Gasteiger partial charge on any atom is -0.490 e. The Labute approximate surface area is 212 Å². The number of methoxy groups -OCH3 is 1. The summed E-state index contributed by atoms with van der Waals surface area (Å²) >= 11 is 0. The van der Waals surface area contributed by atoms with Gasteiger partial charge in [0.25, 0.3) is 5.89 Å². The highest BCUT2D eigenvalue weighted by Crippen LogP contribution is 2.37. The van der Waals surface area contributed by atoms with Crippen LogP contribution in [0.5, 0.6) is 11.6 Å². The Morgan fingerprint density at radius 2 is 1.86 bits per heavy atom. The molecule has 5 rings (SSSR count). The van der Waals surface area contributed by atoms with Gasteiger partial charge in [-0.3, -0.25) is 0 Å². The van der Waals surface area contributed by atoms with Crippen molar-refractivity contribution in [2.45, 2.75) is 77.6 Å². The topological polar surface area (TPSA) is 88.7 Å². The molecule has 1 atom stereocenters. The van der Waals surface area contributed by atoms with Crippen LogP contribution >= 0.6 is 0 Å². The van der Waals surface area contributed by atoms with E-state index in [1.165, 1.54) is 12.8 Å². The lowest BCUT2D eigenvalue weighted by molar-refractivity contribution is -0.141. The number of benzene rings is 1. The van der Waals surface area contributed by atoms with Gasteiger partial charge in [-0.1, -0.05) is 24.9 Å². The Bertz CT molecular complexity index is 1220. The van der Waals surface area contributed by atoms with Crippen LogP contribution in [-0.2, 0) is 15.9 Å². The molecule has 1 aliphatic heterocycles. The second-order valence-electron chi connectivity index (χ2n) is 10.1. The Kier molecular flexibility index (Phi) is 6.99. The molecule has 0 amide bonds. The number of ether oxygens (including phenoxy) is 4. The van der Waals surface area contributed by atoms with E-state index in [2.05, 4.69) is 29.2 Å². The second kappa shape index (κ2) is 10.2. The number of nitrogens with zero attached hydrogens (tertiary/aromatic N) is 3. The van der Waals surface area contributed by atoms with Gasteiger partial charge in [0.15, 0.2) is 5.79 Å². The highest BCUT2D eigenvalue weighted by Gasteiger charge is 2.33. The highest BCUT2D eigenvalue weighted by atomic mass is 16.7. The molecular weight excluding hydrogens is 458 g/mol. The summed E-state index contributed by atoms with van der Waals surface area (Å²) in [6.45, 7) is 8.95. The first-order valence-corrected chi connectivity index (χ1v) is 12.8. The fraction of sp³-hybridized carbons (Fsp3) is 0.536. The molecule has 2 fully saturated rings. The van der Waals surface area contributed by atoms with Gasteiger partial charge >= 0.3 is 0 Å². The van der Waals surface area contributed by atoms with Gasteiger partial charge in [-0.15, -0.1) is 0 Å². The number of rotatable bonds is 8.